The lowest BCUT2D eigenvalue weighted by atomic mass is 10.1. The molecule has 0 aromatic heterocycles. The van der Waals surface area contributed by atoms with Gasteiger partial charge in [0.2, 0.25) is 0 Å². The molecule has 0 saturated heterocycles. The second-order valence-electron chi connectivity index (χ2n) is 2.93. The Morgan fingerprint density at radius 1 is 1.50 bits per heavy atom. The first-order chi connectivity index (χ1) is 6.65. The zero-order valence-electron chi connectivity index (χ0n) is 7.87. The van der Waals surface area contributed by atoms with Gasteiger partial charge in [-0.15, -0.1) is 0 Å². The van der Waals surface area contributed by atoms with Crippen molar-refractivity contribution >= 4 is 17.4 Å². The first-order valence-electron chi connectivity index (χ1n) is 4.19. The van der Waals surface area contributed by atoms with Crippen LogP contribution >= 0.6 is 11.6 Å². The third-order valence-corrected chi connectivity index (χ3v) is 2.06. The Morgan fingerprint density at radius 2 is 2.07 bits per heavy atom. The summed E-state index contributed by atoms with van der Waals surface area (Å²) < 4.78 is 4.80. The minimum absolute atomic E-state index is 0.136. The summed E-state index contributed by atoms with van der Waals surface area (Å²) in [4.78, 5) is 11.6. The topological polar surface area (TPSA) is 52.3 Å². The molecule has 76 valence electrons. The molecule has 1 unspecified atom stereocenters. The van der Waals surface area contributed by atoms with Gasteiger partial charge in [-0.25, -0.2) is 0 Å². The van der Waals surface area contributed by atoms with Gasteiger partial charge in [0.1, 0.15) is 0 Å². The number of hydrogen-bond donors (Lipinski definition) is 1. The van der Waals surface area contributed by atoms with Crippen LogP contribution in [0.1, 0.15) is 10.4 Å². The summed E-state index contributed by atoms with van der Waals surface area (Å²) in [6.45, 7) is 0.224. The van der Waals surface area contributed by atoms with E-state index in [0.29, 0.717) is 10.6 Å². The quantitative estimate of drug-likeness (QED) is 0.772. The van der Waals surface area contributed by atoms with E-state index in [1.165, 1.54) is 7.11 Å². The molecule has 2 N–H and O–H groups in total. The fourth-order valence-corrected chi connectivity index (χ4v) is 1.21. The highest BCUT2D eigenvalue weighted by molar-refractivity contribution is 6.30. The van der Waals surface area contributed by atoms with Crippen LogP contribution in [0.2, 0.25) is 5.02 Å². The molecule has 1 aromatic carbocycles. The van der Waals surface area contributed by atoms with Gasteiger partial charge in [0.25, 0.3) is 0 Å². The summed E-state index contributed by atoms with van der Waals surface area (Å²) in [5, 5.41) is 0.599. The first-order valence-corrected chi connectivity index (χ1v) is 4.57. The second kappa shape index (κ2) is 5.10. The van der Waals surface area contributed by atoms with Gasteiger partial charge in [-0.05, 0) is 24.3 Å². The van der Waals surface area contributed by atoms with Gasteiger partial charge >= 0.3 is 0 Å². The van der Waals surface area contributed by atoms with Crippen LogP contribution < -0.4 is 5.73 Å². The summed E-state index contributed by atoms with van der Waals surface area (Å²) in [5.41, 5.74) is 6.14. The number of ketones is 1. The summed E-state index contributed by atoms with van der Waals surface area (Å²) in [5.74, 6) is -0.136. The number of methoxy groups -OCH3 is 1. The third-order valence-electron chi connectivity index (χ3n) is 1.81. The molecule has 0 aliphatic rings. The number of benzene rings is 1. The Bertz CT molecular complexity index is 310. The maximum absolute atomic E-state index is 11.6. The lowest BCUT2D eigenvalue weighted by molar-refractivity contribution is 0.0892. The van der Waals surface area contributed by atoms with E-state index in [9.17, 15) is 4.79 Å². The Balaban J connectivity index is 2.74. The molecule has 0 aliphatic heterocycles. The van der Waals surface area contributed by atoms with Crippen LogP contribution in [0.4, 0.5) is 0 Å². The summed E-state index contributed by atoms with van der Waals surface area (Å²) in [7, 11) is 1.51. The van der Waals surface area contributed by atoms with Crippen LogP contribution in [0.3, 0.4) is 0 Å². The second-order valence-corrected chi connectivity index (χ2v) is 3.37. The fourth-order valence-electron chi connectivity index (χ4n) is 1.08. The van der Waals surface area contributed by atoms with Crippen molar-refractivity contribution in [1.29, 1.82) is 0 Å². The monoisotopic (exact) mass is 213 g/mol. The summed E-state index contributed by atoms with van der Waals surface area (Å²) in [6.07, 6.45) is 0. The van der Waals surface area contributed by atoms with Gasteiger partial charge in [-0.2, -0.15) is 0 Å². The number of nitrogens with two attached hydrogens (primary N) is 1. The number of rotatable bonds is 4. The molecule has 14 heavy (non-hydrogen) atoms. The van der Waals surface area contributed by atoms with Crippen molar-refractivity contribution in [3.05, 3.63) is 34.9 Å². The molecule has 0 amide bonds. The molecule has 0 heterocycles. The predicted molar refractivity (Wildman–Crippen MR) is 55.6 cm³/mol. The zero-order chi connectivity index (χ0) is 10.6. The van der Waals surface area contributed by atoms with Gasteiger partial charge in [0.15, 0.2) is 5.78 Å². The Labute approximate surface area is 87.8 Å². The summed E-state index contributed by atoms with van der Waals surface area (Å²) in [6, 6.07) is 6.02. The number of carbonyl (C=O) groups excluding carboxylic acids is 1. The van der Waals surface area contributed by atoms with E-state index in [-0.39, 0.29) is 12.4 Å². The highest BCUT2D eigenvalue weighted by atomic mass is 35.5. The molecule has 1 atom stereocenters. The standard InChI is InChI=1S/C10H12ClNO2/c1-14-6-9(12)10(13)7-2-4-8(11)5-3-7/h2-5,9H,6,12H2,1H3. The molecule has 1 aromatic rings. The summed E-state index contributed by atoms with van der Waals surface area (Å²) >= 11 is 5.69. The van der Waals surface area contributed by atoms with Crippen LogP contribution in [0.25, 0.3) is 0 Å². The van der Waals surface area contributed by atoms with Crippen LogP contribution in [-0.4, -0.2) is 25.5 Å². The molecule has 0 spiro atoms. The molecule has 0 bridgehead atoms. The van der Waals surface area contributed by atoms with E-state index in [1.54, 1.807) is 24.3 Å². The van der Waals surface area contributed by atoms with Gasteiger partial charge in [-0.3, -0.25) is 4.79 Å². The molecule has 1 rings (SSSR count). The van der Waals surface area contributed by atoms with Crippen molar-refractivity contribution in [2.75, 3.05) is 13.7 Å². The minimum Gasteiger partial charge on any atom is -0.383 e. The average Bonchev–Trinajstić information content (AvgIpc) is 2.18. The molecule has 3 nitrogen and oxygen atoms in total. The smallest absolute Gasteiger partial charge is 0.181 e. The first kappa shape index (κ1) is 11.2. The van der Waals surface area contributed by atoms with E-state index in [0.717, 1.165) is 0 Å². The highest BCUT2D eigenvalue weighted by Crippen LogP contribution is 2.10. The van der Waals surface area contributed by atoms with Crippen LogP contribution in [0.15, 0.2) is 24.3 Å². The molecular weight excluding hydrogens is 202 g/mol. The normalized spacial score (nSPS) is 12.5. The fraction of sp³-hybridized carbons (Fsp3) is 0.300. The van der Waals surface area contributed by atoms with Gasteiger partial charge in [0, 0.05) is 17.7 Å². The molecular formula is C10H12ClNO2. The predicted octanol–water partition coefficient (Wildman–Crippen LogP) is 1.50. The Kier molecular flexibility index (Phi) is 4.07. The van der Waals surface area contributed by atoms with E-state index in [1.807, 2.05) is 0 Å². The van der Waals surface area contributed by atoms with E-state index < -0.39 is 6.04 Å². The number of carbonyl (C=O) groups is 1. The van der Waals surface area contributed by atoms with Crippen molar-refractivity contribution in [2.24, 2.45) is 5.73 Å². The van der Waals surface area contributed by atoms with Crippen molar-refractivity contribution < 1.29 is 9.53 Å². The van der Waals surface area contributed by atoms with Gasteiger partial charge < -0.3 is 10.5 Å². The van der Waals surface area contributed by atoms with Crippen molar-refractivity contribution in [3.63, 3.8) is 0 Å². The van der Waals surface area contributed by atoms with E-state index in [4.69, 9.17) is 22.1 Å². The highest BCUT2D eigenvalue weighted by Gasteiger charge is 2.14. The van der Waals surface area contributed by atoms with Crippen molar-refractivity contribution in [2.45, 2.75) is 6.04 Å². The van der Waals surface area contributed by atoms with Crippen LogP contribution in [0, 0.1) is 0 Å². The molecule has 0 radical (unpaired) electrons. The lowest BCUT2D eigenvalue weighted by Crippen LogP contribution is -2.34. The SMILES string of the molecule is COCC(N)C(=O)c1ccc(Cl)cc1. The Morgan fingerprint density at radius 3 is 2.57 bits per heavy atom. The van der Waals surface area contributed by atoms with E-state index in [2.05, 4.69) is 0 Å². The van der Waals surface area contributed by atoms with Gasteiger partial charge in [0.05, 0.1) is 12.6 Å². The molecule has 0 aliphatic carbocycles. The number of halogens is 1. The minimum atomic E-state index is -0.610. The number of ether oxygens (including phenoxy) is 1. The number of hydrogen-bond acceptors (Lipinski definition) is 3. The Hall–Kier alpha value is -0.900. The maximum Gasteiger partial charge on any atom is 0.181 e. The maximum atomic E-state index is 11.6. The van der Waals surface area contributed by atoms with E-state index >= 15 is 0 Å². The van der Waals surface area contributed by atoms with Crippen LogP contribution in [-0.2, 0) is 4.74 Å². The lowest BCUT2D eigenvalue weighted by Gasteiger charge is -2.08. The third kappa shape index (κ3) is 2.80. The largest absolute Gasteiger partial charge is 0.383 e. The van der Waals surface area contributed by atoms with Crippen molar-refractivity contribution in [3.8, 4) is 0 Å². The molecule has 0 fully saturated rings. The van der Waals surface area contributed by atoms with Gasteiger partial charge in [-0.1, -0.05) is 11.6 Å². The number of Topliss-reactive ketones (excluding diaryl/α,β-unsaturated/α-hetero) is 1. The van der Waals surface area contributed by atoms with Crippen molar-refractivity contribution in [1.82, 2.24) is 0 Å². The molecule has 4 heteroatoms. The molecule has 0 saturated carbocycles. The average molecular weight is 214 g/mol. The van der Waals surface area contributed by atoms with Crippen LogP contribution in [0.5, 0.6) is 0 Å². The zero-order valence-corrected chi connectivity index (χ0v) is 8.62.